The van der Waals surface area contributed by atoms with E-state index >= 15 is 0 Å². The molecule has 0 bridgehead atoms. The highest BCUT2D eigenvalue weighted by molar-refractivity contribution is 5.50. The van der Waals surface area contributed by atoms with E-state index in [1.807, 2.05) is 6.07 Å². The van der Waals surface area contributed by atoms with E-state index in [0.717, 1.165) is 55.3 Å². The van der Waals surface area contributed by atoms with Crippen LogP contribution in [-0.2, 0) is 24.8 Å². The zero-order valence-corrected chi connectivity index (χ0v) is 16.8. The van der Waals surface area contributed by atoms with Gasteiger partial charge in [0.2, 0.25) is 0 Å². The lowest BCUT2D eigenvalue weighted by molar-refractivity contribution is -0.0203. The lowest BCUT2D eigenvalue weighted by Crippen LogP contribution is -2.43. The number of rotatable bonds is 4. The molecule has 1 saturated heterocycles. The summed E-state index contributed by atoms with van der Waals surface area (Å²) in [6, 6.07) is 3.93. The fourth-order valence-corrected chi connectivity index (χ4v) is 4.09. The molecule has 0 radical (unpaired) electrons. The van der Waals surface area contributed by atoms with Crippen LogP contribution >= 0.6 is 0 Å². The van der Waals surface area contributed by atoms with E-state index < -0.39 is 0 Å². The van der Waals surface area contributed by atoms with Crippen LogP contribution in [0.2, 0.25) is 0 Å². The van der Waals surface area contributed by atoms with Gasteiger partial charge in [-0.15, -0.1) is 0 Å². The van der Waals surface area contributed by atoms with Gasteiger partial charge in [0.05, 0.1) is 17.8 Å². The number of aryl methyl sites for hydroxylation is 1. The van der Waals surface area contributed by atoms with Gasteiger partial charge >= 0.3 is 0 Å². The van der Waals surface area contributed by atoms with Gasteiger partial charge in [0.25, 0.3) is 5.56 Å². The number of anilines is 2. The van der Waals surface area contributed by atoms with E-state index in [9.17, 15) is 4.79 Å². The smallest absolute Gasteiger partial charge is 0.266 e. The highest BCUT2D eigenvalue weighted by atomic mass is 16.5. The SMILES string of the molecule is CC(C)[C@H]1OCCC[C@@H]1Nc1cc(N2CCc3nn(C)c(=O)cc3C2)ncn1. The molecule has 2 aliphatic rings. The molecule has 0 aliphatic carbocycles. The van der Waals surface area contributed by atoms with Crippen molar-refractivity contribution in [1.29, 1.82) is 0 Å². The number of hydrogen-bond donors (Lipinski definition) is 1. The molecule has 0 amide bonds. The molecule has 8 nitrogen and oxygen atoms in total. The average Bonchev–Trinajstić information content (AvgIpc) is 2.69. The van der Waals surface area contributed by atoms with Crippen LogP contribution in [0.3, 0.4) is 0 Å². The molecule has 2 aromatic rings. The van der Waals surface area contributed by atoms with Gasteiger partial charge in [0.15, 0.2) is 0 Å². The predicted molar refractivity (Wildman–Crippen MR) is 107 cm³/mol. The van der Waals surface area contributed by atoms with Crippen LogP contribution in [0, 0.1) is 5.92 Å². The zero-order valence-electron chi connectivity index (χ0n) is 16.8. The van der Waals surface area contributed by atoms with Gasteiger partial charge in [-0.3, -0.25) is 4.79 Å². The van der Waals surface area contributed by atoms with Crippen molar-refractivity contribution in [2.45, 2.75) is 51.8 Å². The number of fused-ring (bicyclic) bond motifs is 1. The molecule has 0 unspecified atom stereocenters. The molecule has 2 aliphatic heterocycles. The Morgan fingerprint density at radius 3 is 2.96 bits per heavy atom. The normalized spacial score (nSPS) is 22.2. The van der Waals surface area contributed by atoms with Crippen LogP contribution in [0.4, 0.5) is 11.6 Å². The quantitative estimate of drug-likeness (QED) is 0.859. The Kier molecular flexibility index (Phi) is 5.30. The van der Waals surface area contributed by atoms with Crippen LogP contribution < -0.4 is 15.8 Å². The molecule has 0 saturated carbocycles. The topological polar surface area (TPSA) is 85.2 Å². The van der Waals surface area contributed by atoms with E-state index in [0.29, 0.717) is 12.5 Å². The van der Waals surface area contributed by atoms with Crippen LogP contribution in [0.15, 0.2) is 23.3 Å². The number of ether oxygens (including phenoxy) is 1. The minimum atomic E-state index is -0.0809. The van der Waals surface area contributed by atoms with E-state index in [2.05, 4.69) is 39.1 Å². The summed E-state index contributed by atoms with van der Waals surface area (Å²) in [5.74, 6) is 2.13. The highest BCUT2D eigenvalue weighted by Crippen LogP contribution is 2.26. The molecule has 0 spiro atoms. The first-order valence-electron chi connectivity index (χ1n) is 10.0. The third-order valence-electron chi connectivity index (χ3n) is 5.57. The molecule has 1 N–H and O–H groups in total. The maximum absolute atomic E-state index is 11.9. The van der Waals surface area contributed by atoms with Gasteiger partial charge < -0.3 is 15.0 Å². The van der Waals surface area contributed by atoms with E-state index in [1.165, 1.54) is 4.68 Å². The molecular formula is C20H28N6O2. The van der Waals surface area contributed by atoms with Crippen LogP contribution in [-0.4, -0.2) is 45.0 Å². The second-order valence-electron chi connectivity index (χ2n) is 7.98. The van der Waals surface area contributed by atoms with Gasteiger partial charge in [-0.1, -0.05) is 13.8 Å². The van der Waals surface area contributed by atoms with Gasteiger partial charge in [-0.05, 0) is 18.8 Å². The third kappa shape index (κ3) is 3.87. The summed E-state index contributed by atoms with van der Waals surface area (Å²) in [4.78, 5) is 23.0. The Bertz CT molecular complexity index is 897. The van der Waals surface area contributed by atoms with Crippen LogP contribution in [0.1, 0.15) is 37.9 Å². The van der Waals surface area contributed by atoms with Crippen molar-refractivity contribution in [3.63, 3.8) is 0 Å². The standard InChI is InChI=1S/C20H28N6O2/c1-13(2)20-16(5-4-8-28-20)23-17-10-18(22-12-21-17)26-7-6-15-14(11-26)9-19(27)25(3)24-15/h9-10,12-13,16,20H,4-8,11H2,1-3H3,(H,21,22,23)/t16-,20+/m0/s1. The molecule has 8 heteroatoms. The molecule has 0 aromatic carbocycles. The van der Waals surface area contributed by atoms with Gasteiger partial charge in [-0.2, -0.15) is 5.10 Å². The van der Waals surface area contributed by atoms with Gasteiger partial charge in [0.1, 0.15) is 18.0 Å². The summed E-state index contributed by atoms with van der Waals surface area (Å²) < 4.78 is 7.38. The molecule has 28 heavy (non-hydrogen) atoms. The number of hydrogen-bond acceptors (Lipinski definition) is 7. The summed E-state index contributed by atoms with van der Waals surface area (Å²) in [5.41, 5.74) is 1.88. The summed E-state index contributed by atoms with van der Waals surface area (Å²) >= 11 is 0. The second-order valence-corrected chi connectivity index (χ2v) is 7.98. The first kappa shape index (κ1) is 18.9. The average molecular weight is 384 g/mol. The minimum Gasteiger partial charge on any atom is -0.376 e. The Hall–Kier alpha value is -2.48. The molecule has 150 valence electrons. The predicted octanol–water partition coefficient (Wildman–Crippen LogP) is 1.75. The van der Waals surface area contributed by atoms with Crippen LogP contribution in [0.25, 0.3) is 0 Å². The van der Waals surface area contributed by atoms with Gasteiger partial charge in [0, 0.05) is 50.9 Å². The summed E-state index contributed by atoms with van der Waals surface area (Å²) in [5, 5.41) is 7.94. The molecule has 4 rings (SSSR count). The maximum Gasteiger partial charge on any atom is 0.266 e. The monoisotopic (exact) mass is 384 g/mol. The molecule has 4 heterocycles. The lowest BCUT2D eigenvalue weighted by Gasteiger charge is -2.35. The maximum atomic E-state index is 11.9. The zero-order chi connectivity index (χ0) is 19.7. The number of nitrogens with zero attached hydrogens (tertiary/aromatic N) is 5. The fraction of sp³-hybridized carbons (Fsp3) is 0.600. The Balaban J connectivity index is 1.51. The van der Waals surface area contributed by atoms with Crippen molar-refractivity contribution >= 4 is 11.6 Å². The van der Waals surface area contributed by atoms with Crippen molar-refractivity contribution in [1.82, 2.24) is 19.7 Å². The molecule has 2 atom stereocenters. The van der Waals surface area contributed by atoms with E-state index in [4.69, 9.17) is 4.74 Å². The Morgan fingerprint density at radius 1 is 1.29 bits per heavy atom. The van der Waals surface area contributed by atoms with Crippen molar-refractivity contribution in [2.24, 2.45) is 13.0 Å². The number of nitrogens with one attached hydrogen (secondary N) is 1. The van der Waals surface area contributed by atoms with E-state index in [1.54, 1.807) is 19.4 Å². The Morgan fingerprint density at radius 2 is 2.14 bits per heavy atom. The molecule has 1 fully saturated rings. The third-order valence-corrected chi connectivity index (χ3v) is 5.57. The minimum absolute atomic E-state index is 0.0809. The van der Waals surface area contributed by atoms with Crippen molar-refractivity contribution in [2.75, 3.05) is 23.4 Å². The van der Waals surface area contributed by atoms with E-state index in [-0.39, 0.29) is 17.7 Å². The summed E-state index contributed by atoms with van der Waals surface area (Å²) in [6.45, 7) is 6.67. The van der Waals surface area contributed by atoms with Crippen molar-refractivity contribution < 1.29 is 4.74 Å². The largest absolute Gasteiger partial charge is 0.376 e. The molecular weight excluding hydrogens is 356 g/mol. The molecule has 2 aromatic heterocycles. The lowest BCUT2D eigenvalue weighted by atomic mass is 9.93. The Labute approximate surface area is 164 Å². The summed E-state index contributed by atoms with van der Waals surface area (Å²) in [7, 11) is 1.69. The van der Waals surface area contributed by atoms with Gasteiger partial charge in [-0.25, -0.2) is 14.6 Å². The summed E-state index contributed by atoms with van der Waals surface area (Å²) in [6.07, 6.45) is 4.72. The van der Waals surface area contributed by atoms with Crippen molar-refractivity contribution in [3.8, 4) is 0 Å². The fourth-order valence-electron chi connectivity index (χ4n) is 4.09. The van der Waals surface area contributed by atoms with Crippen molar-refractivity contribution in [3.05, 3.63) is 40.1 Å². The second kappa shape index (κ2) is 7.87. The number of aromatic nitrogens is 4. The van der Waals surface area contributed by atoms with Crippen LogP contribution in [0.5, 0.6) is 0 Å². The first-order valence-corrected chi connectivity index (χ1v) is 10.0. The first-order chi connectivity index (χ1) is 13.5. The highest BCUT2D eigenvalue weighted by Gasteiger charge is 2.29.